The lowest BCUT2D eigenvalue weighted by molar-refractivity contribution is -0.139. The van der Waals surface area contributed by atoms with Crippen molar-refractivity contribution < 1.29 is 14.4 Å². The Labute approximate surface area is 137 Å². The van der Waals surface area contributed by atoms with Gasteiger partial charge in [-0.3, -0.25) is 14.5 Å². The van der Waals surface area contributed by atoms with Crippen LogP contribution in [-0.2, 0) is 9.59 Å². The number of rotatable bonds is 6. The maximum Gasteiger partial charge on any atom is 0.325 e. The summed E-state index contributed by atoms with van der Waals surface area (Å²) in [4.78, 5) is 40.5. The lowest BCUT2D eigenvalue weighted by atomic mass is 9.82. The molecule has 6 heteroatoms. The zero-order chi connectivity index (χ0) is 16.4. The summed E-state index contributed by atoms with van der Waals surface area (Å²) in [6.07, 6.45) is 7.67. The highest BCUT2D eigenvalue weighted by Gasteiger charge is 2.51. The van der Waals surface area contributed by atoms with Crippen LogP contribution in [0.3, 0.4) is 0 Å². The molecule has 6 nitrogen and oxygen atoms in total. The number of carbonyl (C=O) groups is 3. The Bertz CT molecular complexity index is 495. The van der Waals surface area contributed by atoms with E-state index in [9.17, 15) is 14.4 Å². The quantitative estimate of drug-likeness (QED) is 0.760. The van der Waals surface area contributed by atoms with E-state index in [1.807, 2.05) is 11.8 Å². The van der Waals surface area contributed by atoms with E-state index in [1.54, 1.807) is 0 Å². The molecule has 1 N–H and O–H groups in total. The van der Waals surface area contributed by atoms with Crippen molar-refractivity contribution >= 4 is 17.8 Å². The SMILES string of the molecule is CCCN(CC1CC1)C(=O)CN1C(=O)NC2(CCCCC2)C1=O. The minimum atomic E-state index is -0.734. The zero-order valence-corrected chi connectivity index (χ0v) is 14.0. The van der Waals surface area contributed by atoms with Crippen molar-refractivity contribution in [1.29, 1.82) is 0 Å². The van der Waals surface area contributed by atoms with Gasteiger partial charge in [0.2, 0.25) is 5.91 Å². The van der Waals surface area contributed by atoms with Crippen LogP contribution in [0.5, 0.6) is 0 Å². The van der Waals surface area contributed by atoms with Gasteiger partial charge in [0.05, 0.1) is 0 Å². The maximum absolute atomic E-state index is 12.7. The largest absolute Gasteiger partial charge is 0.341 e. The first-order valence-electron chi connectivity index (χ1n) is 8.97. The van der Waals surface area contributed by atoms with Gasteiger partial charge >= 0.3 is 6.03 Å². The average Bonchev–Trinajstić information content (AvgIpc) is 3.32. The van der Waals surface area contributed by atoms with Crippen LogP contribution in [0.2, 0.25) is 0 Å². The Morgan fingerprint density at radius 1 is 1.26 bits per heavy atom. The molecule has 0 aromatic carbocycles. The van der Waals surface area contributed by atoms with E-state index in [0.29, 0.717) is 25.3 Å². The van der Waals surface area contributed by atoms with Gasteiger partial charge in [-0.2, -0.15) is 0 Å². The normalized spacial score (nSPS) is 23.3. The molecular formula is C17H27N3O3. The molecule has 0 radical (unpaired) electrons. The van der Waals surface area contributed by atoms with Crippen molar-refractivity contribution in [1.82, 2.24) is 15.1 Å². The lowest BCUT2D eigenvalue weighted by Crippen LogP contribution is -2.49. The Hall–Kier alpha value is -1.59. The zero-order valence-electron chi connectivity index (χ0n) is 14.0. The number of nitrogens with one attached hydrogen (secondary N) is 1. The number of hydrogen-bond acceptors (Lipinski definition) is 3. The van der Waals surface area contributed by atoms with E-state index in [4.69, 9.17) is 0 Å². The van der Waals surface area contributed by atoms with E-state index in [-0.39, 0.29) is 18.4 Å². The summed E-state index contributed by atoms with van der Waals surface area (Å²) < 4.78 is 0. The smallest absolute Gasteiger partial charge is 0.325 e. The Morgan fingerprint density at radius 2 is 1.96 bits per heavy atom. The summed E-state index contributed by atoms with van der Waals surface area (Å²) in [6, 6.07) is -0.395. The van der Waals surface area contributed by atoms with Gasteiger partial charge in [0.15, 0.2) is 0 Å². The first kappa shape index (κ1) is 16.3. The van der Waals surface area contributed by atoms with Crippen LogP contribution in [0.15, 0.2) is 0 Å². The van der Waals surface area contributed by atoms with Gasteiger partial charge in [-0.1, -0.05) is 26.2 Å². The molecule has 1 aliphatic heterocycles. The van der Waals surface area contributed by atoms with Crippen molar-refractivity contribution in [2.45, 2.75) is 63.8 Å². The van der Waals surface area contributed by atoms with Crippen LogP contribution in [0.4, 0.5) is 4.79 Å². The third kappa shape index (κ3) is 3.35. The van der Waals surface area contributed by atoms with Gasteiger partial charge in [-0.25, -0.2) is 4.79 Å². The summed E-state index contributed by atoms with van der Waals surface area (Å²) in [7, 11) is 0. The lowest BCUT2D eigenvalue weighted by Gasteiger charge is -2.30. The molecule has 2 aliphatic carbocycles. The molecule has 1 spiro atoms. The molecule has 0 aromatic heterocycles. The van der Waals surface area contributed by atoms with Crippen molar-refractivity contribution in [3.63, 3.8) is 0 Å². The van der Waals surface area contributed by atoms with E-state index in [0.717, 1.165) is 37.1 Å². The average molecular weight is 321 g/mol. The summed E-state index contributed by atoms with van der Waals surface area (Å²) in [5.41, 5.74) is -0.734. The Kier molecular flexibility index (Phi) is 4.60. The third-order valence-corrected chi connectivity index (χ3v) is 5.27. The first-order valence-corrected chi connectivity index (χ1v) is 8.97. The fourth-order valence-electron chi connectivity index (χ4n) is 3.75. The Morgan fingerprint density at radius 3 is 2.57 bits per heavy atom. The fraction of sp³-hybridized carbons (Fsp3) is 0.824. The molecule has 3 aliphatic rings. The summed E-state index contributed by atoms with van der Waals surface area (Å²) in [5.74, 6) is 0.312. The highest BCUT2D eigenvalue weighted by atomic mass is 16.2. The monoisotopic (exact) mass is 321 g/mol. The van der Waals surface area contributed by atoms with Gasteiger partial charge in [-0.15, -0.1) is 0 Å². The molecule has 23 heavy (non-hydrogen) atoms. The minimum Gasteiger partial charge on any atom is -0.341 e. The van der Waals surface area contributed by atoms with Gasteiger partial charge < -0.3 is 10.2 Å². The van der Waals surface area contributed by atoms with Crippen LogP contribution in [-0.4, -0.2) is 52.8 Å². The van der Waals surface area contributed by atoms with Gasteiger partial charge in [0.1, 0.15) is 12.1 Å². The molecular weight excluding hydrogens is 294 g/mol. The molecule has 1 saturated heterocycles. The fourth-order valence-corrected chi connectivity index (χ4v) is 3.75. The number of hydrogen-bond donors (Lipinski definition) is 1. The topological polar surface area (TPSA) is 69.7 Å². The molecule has 0 atom stereocenters. The van der Waals surface area contributed by atoms with E-state index in [2.05, 4.69) is 5.32 Å². The van der Waals surface area contributed by atoms with Crippen LogP contribution >= 0.6 is 0 Å². The van der Waals surface area contributed by atoms with Crippen LogP contribution < -0.4 is 5.32 Å². The molecule has 0 aromatic rings. The number of amides is 4. The molecule has 1 heterocycles. The van der Waals surface area contributed by atoms with Crippen molar-refractivity contribution in [2.24, 2.45) is 5.92 Å². The summed E-state index contributed by atoms with van der Waals surface area (Å²) in [6.45, 7) is 3.39. The molecule has 0 bridgehead atoms. The molecule has 3 rings (SSSR count). The number of imide groups is 1. The Balaban J connectivity index is 1.64. The van der Waals surface area contributed by atoms with Gasteiger partial charge in [-0.05, 0) is 38.0 Å². The molecule has 128 valence electrons. The standard InChI is InChI=1S/C17H27N3O3/c1-2-10-19(11-13-6-7-13)14(21)12-20-15(22)17(18-16(20)23)8-4-3-5-9-17/h13H,2-12H2,1H3,(H,18,23). The molecule has 3 fully saturated rings. The highest BCUT2D eigenvalue weighted by molar-refractivity contribution is 6.09. The third-order valence-electron chi connectivity index (χ3n) is 5.27. The number of carbonyl (C=O) groups excluding carboxylic acids is 3. The van der Waals surface area contributed by atoms with E-state index in [1.165, 1.54) is 12.8 Å². The van der Waals surface area contributed by atoms with E-state index < -0.39 is 11.6 Å². The predicted molar refractivity (Wildman–Crippen MR) is 85.7 cm³/mol. The first-order chi connectivity index (χ1) is 11.1. The van der Waals surface area contributed by atoms with Crippen LogP contribution in [0, 0.1) is 5.92 Å². The van der Waals surface area contributed by atoms with Crippen molar-refractivity contribution in [3.05, 3.63) is 0 Å². The number of urea groups is 1. The van der Waals surface area contributed by atoms with Gasteiger partial charge in [0.25, 0.3) is 5.91 Å². The second-order valence-corrected chi connectivity index (χ2v) is 7.25. The molecule has 2 saturated carbocycles. The highest BCUT2D eigenvalue weighted by Crippen LogP contribution is 2.34. The van der Waals surface area contributed by atoms with Crippen molar-refractivity contribution in [2.75, 3.05) is 19.6 Å². The molecule has 4 amide bonds. The van der Waals surface area contributed by atoms with Crippen LogP contribution in [0.25, 0.3) is 0 Å². The maximum atomic E-state index is 12.7. The predicted octanol–water partition coefficient (Wildman–Crippen LogP) is 1.89. The van der Waals surface area contributed by atoms with Gasteiger partial charge in [0, 0.05) is 13.1 Å². The summed E-state index contributed by atoms with van der Waals surface area (Å²) >= 11 is 0. The van der Waals surface area contributed by atoms with Crippen LogP contribution in [0.1, 0.15) is 58.3 Å². The number of nitrogens with zero attached hydrogens (tertiary/aromatic N) is 2. The second kappa shape index (κ2) is 6.49. The summed E-state index contributed by atoms with van der Waals surface area (Å²) in [5, 5.41) is 2.87. The second-order valence-electron chi connectivity index (χ2n) is 7.25. The minimum absolute atomic E-state index is 0.102. The van der Waals surface area contributed by atoms with Crippen molar-refractivity contribution in [3.8, 4) is 0 Å². The molecule has 0 unspecified atom stereocenters. The van der Waals surface area contributed by atoms with E-state index >= 15 is 0 Å².